The van der Waals surface area contributed by atoms with Gasteiger partial charge >= 0.3 is 0 Å². The fourth-order valence-corrected chi connectivity index (χ4v) is 4.37. The molecule has 1 aliphatic carbocycles. The van der Waals surface area contributed by atoms with Crippen molar-refractivity contribution in [1.29, 1.82) is 0 Å². The van der Waals surface area contributed by atoms with Gasteiger partial charge in [0, 0.05) is 11.6 Å². The quantitative estimate of drug-likeness (QED) is 0.730. The highest BCUT2D eigenvalue weighted by atomic mass is 32.2. The largest absolute Gasteiger partial charge is 0.276 e. The number of benzene rings is 2. The zero-order valence-corrected chi connectivity index (χ0v) is 15.2. The molecule has 0 atom stereocenters. The van der Waals surface area contributed by atoms with Crippen LogP contribution in [0, 0.1) is 6.92 Å². The van der Waals surface area contributed by atoms with Gasteiger partial charge in [0.2, 0.25) is 0 Å². The minimum Gasteiger partial charge on any atom is -0.276 e. The Labute approximate surface area is 152 Å². The van der Waals surface area contributed by atoms with Crippen LogP contribution in [0.3, 0.4) is 0 Å². The number of rotatable bonds is 4. The van der Waals surface area contributed by atoms with Crippen molar-refractivity contribution in [3.63, 3.8) is 0 Å². The maximum atomic E-state index is 12.7. The molecule has 26 heavy (non-hydrogen) atoms. The Hall–Kier alpha value is -2.86. The van der Waals surface area contributed by atoms with Crippen molar-refractivity contribution in [3.05, 3.63) is 76.2 Å². The molecule has 5 nitrogen and oxygen atoms in total. The minimum atomic E-state index is -3.63. The third-order valence-electron chi connectivity index (χ3n) is 4.61. The number of aromatic amines is 1. The number of hydrogen-bond acceptors (Lipinski definition) is 3. The van der Waals surface area contributed by atoms with Gasteiger partial charge in [0.25, 0.3) is 10.0 Å². The molecule has 0 bridgehead atoms. The van der Waals surface area contributed by atoms with E-state index in [1.165, 1.54) is 5.56 Å². The molecule has 0 fully saturated rings. The van der Waals surface area contributed by atoms with E-state index in [0.717, 1.165) is 28.8 Å². The first-order valence-electron chi connectivity index (χ1n) is 8.46. The minimum absolute atomic E-state index is 0.294. The predicted octanol–water partition coefficient (Wildman–Crippen LogP) is 4.11. The van der Waals surface area contributed by atoms with Gasteiger partial charge in [-0.2, -0.15) is 5.10 Å². The van der Waals surface area contributed by atoms with Crippen LogP contribution in [0.5, 0.6) is 0 Å². The Bertz CT molecular complexity index is 1100. The van der Waals surface area contributed by atoms with Crippen molar-refractivity contribution in [2.24, 2.45) is 0 Å². The number of aromatic nitrogens is 2. The summed E-state index contributed by atoms with van der Waals surface area (Å²) in [6, 6.07) is 17.5. The molecule has 1 heterocycles. The second-order valence-corrected chi connectivity index (χ2v) is 8.13. The highest BCUT2D eigenvalue weighted by Crippen LogP contribution is 2.29. The second kappa shape index (κ2) is 6.46. The van der Waals surface area contributed by atoms with Crippen LogP contribution in [0.15, 0.2) is 59.5 Å². The van der Waals surface area contributed by atoms with E-state index in [2.05, 4.69) is 14.9 Å². The van der Waals surface area contributed by atoms with Crippen LogP contribution in [0.1, 0.15) is 23.1 Å². The molecule has 0 radical (unpaired) electrons. The Kier molecular flexibility index (Phi) is 4.12. The molecule has 0 unspecified atom stereocenters. The van der Waals surface area contributed by atoms with Gasteiger partial charge in [0.1, 0.15) is 0 Å². The van der Waals surface area contributed by atoms with E-state index in [4.69, 9.17) is 0 Å². The Morgan fingerprint density at radius 1 is 1.04 bits per heavy atom. The molecule has 1 aliphatic rings. The molecule has 2 aromatic carbocycles. The predicted molar refractivity (Wildman–Crippen MR) is 104 cm³/mol. The van der Waals surface area contributed by atoms with Gasteiger partial charge in [0.05, 0.1) is 10.6 Å². The van der Waals surface area contributed by atoms with E-state index in [1.54, 1.807) is 12.1 Å². The summed E-state index contributed by atoms with van der Waals surface area (Å²) in [6.07, 6.45) is 2.95. The first-order chi connectivity index (χ1) is 12.5. The van der Waals surface area contributed by atoms with Gasteiger partial charge in [-0.25, -0.2) is 8.42 Å². The zero-order valence-electron chi connectivity index (χ0n) is 14.4. The van der Waals surface area contributed by atoms with Crippen molar-refractivity contribution in [3.8, 4) is 11.3 Å². The summed E-state index contributed by atoms with van der Waals surface area (Å²) in [5.74, 6) is 0.294. The lowest BCUT2D eigenvalue weighted by Gasteiger charge is -2.16. The van der Waals surface area contributed by atoms with Gasteiger partial charge < -0.3 is 0 Å². The molecule has 0 saturated heterocycles. The van der Waals surface area contributed by atoms with E-state index in [0.29, 0.717) is 17.1 Å². The fraction of sp³-hybridized carbons (Fsp3) is 0.150. The molecule has 2 N–H and O–H groups in total. The van der Waals surface area contributed by atoms with Crippen LogP contribution in [0.4, 0.5) is 5.82 Å². The zero-order chi connectivity index (χ0) is 18.1. The SMILES string of the molecule is Cc1ccccc1-c1cc(NS(=O)(=O)C2=Cc3ccccc3CC2)n[nH]1. The first kappa shape index (κ1) is 16.6. The van der Waals surface area contributed by atoms with E-state index < -0.39 is 10.0 Å². The lowest BCUT2D eigenvalue weighted by Crippen LogP contribution is -2.17. The number of aryl methyl sites for hydroxylation is 2. The van der Waals surface area contributed by atoms with Crippen molar-refractivity contribution in [2.45, 2.75) is 19.8 Å². The Morgan fingerprint density at radius 3 is 2.65 bits per heavy atom. The molecule has 4 rings (SSSR count). The molecule has 3 aromatic rings. The number of sulfonamides is 1. The van der Waals surface area contributed by atoms with Crippen molar-refractivity contribution < 1.29 is 8.42 Å². The summed E-state index contributed by atoms with van der Waals surface area (Å²) in [4.78, 5) is 0.386. The van der Waals surface area contributed by atoms with Crippen LogP contribution in [-0.4, -0.2) is 18.6 Å². The van der Waals surface area contributed by atoms with Crippen LogP contribution in [0.25, 0.3) is 17.3 Å². The van der Waals surface area contributed by atoms with E-state index in [9.17, 15) is 8.42 Å². The second-order valence-electron chi connectivity index (χ2n) is 6.40. The summed E-state index contributed by atoms with van der Waals surface area (Å²) in [5.41, 5.74) is 5.01. The lowest BCUT2D eigenvalue weighted by molar-refractivity contribution is 0.604. The van der Waals surface area contributed by atoms with Crippen LogP contribution in [0.2, 0.25) is 0 Å². The van der Waals surface area contributed by atoms with Crippen LogP contribution >= 0.6 is 0 Å². The lowest BCUT2D eigenvalue weighted by atomic mass is 9.98. The smallest absolute Gasteiger partial charge is 0.259 e. The van der Waals surface area contributed by atoms with Crippen molar-refractivity contribution in [2.75, 3.05) is 4.72 Å². The molecular formula is C20H19N3O2S. The van der Waals surface area contributed by atoms with E-state index in [1.807, 2.05) is 55.5 Å². The van der Waals surface area contributed by atoms with Gasteiger partial charge in [-0.1, -0.05) is 48.5 Å². The van der Waals surface area contributed by atoms with Gasteiger partial charge in [-0.05, 0) is 42.5 Å². The van der Waals surface area contributed by atoms with Crippen LogP contribution < -0.4 is 4.72 Å². The molecule has 0 saturated carbocycles. The topological polar surface area (TPSA) is 74.8 Å². The maximum absolute atomic E-state index is 12.7. The number of nitrogens with one attached hydrogen (secondary N) is 2. The van der Waals surface area contributed by atoms with Gasteiger partial charge in [0.15, 0.2) is 5.82 Å². The molecule has 6 heteroatoms. The van der Waals surface area contributed by atoms with E-state index >= 15 is 0 Å². The van der Waals surface area contributed by atoms with Crippen LogP contribution in [-0.2, 0) is 16.4 Å². The number of anilines is 1. The number of H-pyrrole nitrogens is 1. The number of fused-ring (bicyclic) bond motifs is 1. The highest BCUT2D eigenvalue weighted by Gasteiger charge is 2.22. The summed E-state index contributed by atoms with van der Waals surface area (Å²) in [6.45, 7) is 2.00. The summed E-state index contributed by atoms with van der Waals surface area (Å²) in [7, 11) is -3.63. The van der Waals surface area contributed by atoms with E-state index in [-0.39, 0.29) is 0 Å². The number of allylic oxidation sites excluding steroid dienone is 1. The molecule has 132 valence electrons. The summed E-state index contributed by atoms with van der Waals surface area (Å²) < 4.78 is 28.1. The average molecular weight is 365 g/mol. The molecule has 0 amide bonds. The number of nitrogens with zero attached hydrogens (tertiary/aromatic N) is 1. The standard InChI is InChI=1S/C20H19N3O2S/c1-14-6-2-5-9-18(14)19-13-20(22-21-19)23-26(24,25)17-11-10-15-7-3-4-8-16(15)12-17/h2-9,12-13H,10-11H2,1H3,(H2,21,22,23). The normalized spacial score (nSPS) is 13.8. The molecule has 1 aromatic heterocycles. The monoisotopic (exact) mass is 365 g/mol. The summed E-state index contributed by atoms with van der Waals surface area (Å²) >= 11 is 0. The maximum Gasteiger partial charge on any atom is 0.259 e. The van der Waals surface area contributed by atoms with Crippen molar-refractivity contribution in [1.82, 2.24) is 10.2 Å². The fourth-order valence-electron chi connectivity index (χ4n) is 3.21. The Balaban J connectivity index is 1.60. The Morgan fingerprint density at radius 2 is 1.81 bits per heavy atom. The van der Waals surface area contributed by atoms with Gasteiger partial charge in [-0.3, -0.25) is 9.82 Å². The molecular weight excluding hydrogens is 346 g/mol. The van der Waals surface area contributed by atoms with Gasteiger partial charge in [-0.15, -0.1) is 0 Å². The average Bonchev–Trinajstić information content (AvgIpc) is 3.09. The highest BCUT2D eigenvalue weighted by molar-refractivity contribution is 7.96. The third kappa shape index (κ3) is 3.15. The molecule has 0 spiro atoms. The number of hydrogen-bond donors (Lipinski definition) is 2. The molecule has 0 aliphatic heterocycles. The van der Waals surface area contributed by atoms with Crippen molar-refractivity contribution >= 4 is 21.9 Å². The summed E-state index contributed by atoms with van der Waals surface area (Å²) in [5, 5.41) is 7.02. The first-order valence-corrected chi connectivity index (χ1v) is 9.94. The third-order valence-corrected chi connectivity index (χ3v) is 6.10.